The standard InChI is InChI=1S/C8H16N2/c1-6-5-9-7-3-4-10(2)8(6)7/h6-9H,3-5H2,1-2H3/t6-,7+,8?/m0/s1. The molecule has 2 aliphatic rings. The predicted octanol–water partition coefficient (Wildman–Crippen LogP) is 0.298. The second-order valence-electron chi connectivity index (χ2n) is 3.75. The number of likely N-dealkylation sites (N-methyl/N-ethyl adjacent to an activating group) is 1. The molecule has 10 heavy (non-hydrogen) atoms. The first-order valence-electron chi connectivity index (χ1n) is 4.22. The monoisotopic (exact) mass is 140 g/mol. The van der Waals surface area contributed by atoms with Gasteiger partial charge in [0.05, 0.1) is 0 Å². The second kappa shape index (κ2) is 2.21. The predicted molar refractivity (Wildman–Crippen MR) is 42.0 cm³/mol. The van der Waals surface area contributed by atoms with E-state index in [1.807, 2.05) is 0 Å². The molecule has 1 N–H and O–H groups in total. The molecular formula is C8H16N2. The third-order valence-electron chi connectivity index (χ3n) is 3.00. The van der Waals surface area contributed by atoms with E-state index >= 15 is 0 Å². The van der Waals surface area contributed by atoms with Crippen molar-refractivity contribution < 1.29 is 0 Å². The van der Waals surface area contributed by atoms with Gasteiger partial charge in [0.2, 0.25) is 0 Å². The van der Waals surface area contributed by atoms with Crippen LogP contribution in [0.15, 0.2) is 0 Å². The Morgan fingerprint density at radius 3 is 3.00 bits per heavy atom. The molecule has 2 aliphatic heterocycles. The molecule has 2 saturated heterocycles. The molecule has 2 heteroatoms. The maximum atomic E-state index is 3.56. The van der Waals surface area contributed by atoms with Gasteiger partial charge in [-0.15, -0.1) is 0 Å². The van der Waals surface area contributed by atoms with Crippen LogP contribution in [0.3, 0.4) is 0 Å². The van der Waals surface area contributed by atoms with Gasteiger partial charge in [0.15, 0.2) is 0 Å². The molecule has 1 unspecified atom stereocenters. The first-order chi connectivity index (χ1) is 4.79. The summed E-state index contributed by atoms with van der Waals surface area (Å²) in [6, 6.07) is 1.64. The lowest BCUT2D eigenvalue weighted by Crippen LogP contribution is -2.34. The number of hydrogen-bond acceptors (Lipinski definition) is 2. The molecule has 0 aliphatic carbocycles. The van der Waals surface area contributed by atoms with Gasteiger partial charge in [0.25, 0.3) is 0 Å². The summed E-state index contributed by atoms with van der Waals surface area (Å²) in [7, 11) is 2.24. The highest BCUT2D eigenvalue weighted by Crippen LogP contribution is 2.27. The lowest BCUT2D eigenvalue weighted by atomic mass is 10.0. The van der Waals surface area contributed by atoms with E-state index in [2.05, 4.69) is 24.2 Å². The van der Waals surface area contributed by atoms with E-state index in [9.17, 15) is 0 Å². The normalized spacial score (nSPS) is 48.0. The summed E-state index contributed by atoms with van der Waals surface area (Å²) in [5.74, 6) is 0.859. The van der Waals surface area contributed by atoms with Crippen LogP contribution in [0.4, 0.5) is 0 Å². The zero-order valence-corrected chi connectivity index (χ0v) is 6.80. The Kier molecular flexibility index (Phi) is 1.46. The van der Waals surface area contributed by atoms with E-state index in [-0.39, 0.29) is 0 Å². The molecule has 0 amide bonds. The van der Waals surface area contributed by atoms with Crippen molar-refractivity contribution in [1.82, 2.24) is 10.2 Å². The topological polar surface area (TPSA) is 15.3 Å². The lowest BCUT2D eigenvalue weighted by Gasteiger charge is -2.21. The maximum absolute atomic E-state index is 3.56. The van der Waals surface area contributed by atoms with Crippen molar-refractivity contribution in [1.29, 1.82) is 0 Å². The van der Waals surface area contributed by atoms with Gasteiger partial charge in [-0.3, -0.25) is 0 Å². The van der Waals surface area contributed by atoms with Gasteiger partial charge in [-0.1, -0.05) is 6.92 Å². The summed E-state index contributed by atoms with van der Waals surface area (Å²) >= 11 is 0. The Morgan fingerprint density at radius 1 is 1.50 bits per heavy atom. The fourth-order valence-electron chi connectivity index (χ4n) is 2.48. The first-order valence-corrected chi connectivity index (χ1v) is 4.22. The average molecular weight is 140 g/mol. The van der Waals surface area contributed by atoms with Gasteiger partial charge in [0.1, 0.15) is 0 Å². The average Bonchev–Trinajstić information content (AvgIpc) is 2.40. The zero-order valence-electron chi connectivity index (χ0n) is 6.80. The Hall–Kier alpha value is -0.0800. The molecule has 0 saturated carbocycles. The number of rotatable bonds is 0. The van der Waals surface area contributed by atoms with Gasteiger partial charge < -0.3 is 10.2 Å². The van der Waals surface area contributed by atoms with Gasteiger partial charge >= 0.3 is 0 Å². The summed E-state index contributed by atoms with van der Waals surface area (Å²) in [5, 5.41) is 3.56. The van der Waals surface area contributed by atoms with Crippen molar-refractivity contribution in [2.45, 2.75) is 25.4 Å². The molecule has 2 rings (SSSR count). The molecular weight excluding hydrogens is 124 g/mol. The van der Waals surface area contributed by atoms with Crippen LogP contribution in [-0.4, -0.2) is 37.1 Å². The number of likely N-dealkylation sites (tertiary alicyclic amines) is 1. The Labute approximate surface area is 62.6 Å². The molecule has 2 nitrogen and oxygen atoms in total. The minimum absolute atomic E-state index is 0.806. The Balaban J connectivity index is 2.11. The minimum Gasteiger partial charge on any atom is -0.312 e. The van der Waals surface area contributed by atoms with E-state index in [1.165, 1.54) is 19.5 Å². The summed E-state index contributed by atoms with van der Waals surface area (Å²) < 4.78 is 0. The summed E-state index contributed by atoms with van der Waals surface area (Å²) in [4.78, 5) is 2.50. The molecule has 2 heterocycles. The van der Waals surface area contributed by atoms with Gasteiger partial charge in [0, 0.05) is 12.1 Å². The fraction of sp³-hybridized carbons (Fsp3) is 1.00. The van der Waals surface area contributed by atoms with Gasteiger partial charge in [-0.25, -0.2) is 0 Å². The maximum Gasteiger partial charge on any atom is 0.0284 e. The molecule has 2 fully saturated rings. The SMILES string of the molecule is C[C@H]1CN[C@@H]2CCN(C)C12. The third-order valence-corrected chi connectivity index (χ3v) is 3.00. The molecule has 0 radical (unpaired) electrons. The molecule has 0 spiro atoms. The zero-order chi connectivity index (χ0) is 7.14. The molecule has 0 aromatic rings. The first kappa shape index (κ1) is 6.62. The second-order valence-corrected chi connectivity index (χ2v) is 3.75. The van der Waals surface area contributed by atoms with Crippen LogP contribution in [0.2, 0.25) is 0 Å². The van der Waals surface area contributed by atoms with E-state index in [0.717, 1.165) is 18.0 Å². The van der Waals surface area contributed by atoms with Crippen molar-refractivity contribution in [2.24, 2.45) is 5.92 Å². The van der Waals surface area contributed by atoms with Crippen LogP contribution in [0.5, 0.6) is 0 Å². The van der Waals surface area contributed by atoms with Crippen molar-refractivity contribution in [3.05, 3.63) is 0 Å². The lowest BCUT2D eigenvalue weighted by molar-refractivity contribution is 0.263. The van der Waals surface area contributed by atoms with Gasteiger partial charge in [-0.2, -0.15) is 0 Å². The molecule has 3 atom stereocenters. The number of hydrogen-bond donors (Lipinski definition) is 1. The van der Waals surface area contributed by atoms with Crippen molar-refractivity contribution in [2.75, 3.05) is 20.1 Å². The highest BCUT2D eigenvalue weighted by molar-refractivity contribution is 4.99. The van der Waals surface area contributed by atoms with Crippen LogP contribution in [0.1, 0.15) is 13.3 Å². The van der Waals surface area contributed by atoms with E-state index < -0.39 is 0 Å². The Morgan fingerprint density at radius 2 is 2.30 bits per heavy atom. The van der Waals surface area contributed by atoms with Crippen LogP contribution >= 0.6 is 0 Å². The van der Waals surface area contributed by atoms with Crippen LogP contribution < -0.4 is 5.32 Å². The van der Waals surface area contributed by atoms with E-state index in [0.29, 0.717) is 0 Å². The molecule has 0 aromatic heterocycles. The number of fused-ring (bicyclic) bond motifs is 1. The fourth-order valence-corrected chi connectivity index (χ4v) is 2.48. The molecule has 0 bridgehead atoms. The summed E-state index contributed by atoms with van der Waals surface area (Å²) in [5.41, 5.74) is 0. The van der Waals surface area contributed by atoms with Crippen LogP contribution in [0.25, 0.3) is 0 Å². The smallest absolute Gasteiger partial charge is 0.0284 e. The van der Waals surface area contributed by atoms with E-state index in [1.54, 1.807) is 0 Å². The Bertz CT molecular complexity index is 121. The summed E-state index contributed by atoms with van der Waals surface area (Å²) in [6.45, 7) is 4.85. The van der Waals surface area contributed by atoms with Crippen molar-refractivity contribution >= 4 is 0 Å². The third kappa shape index (κ3) is 0.789. The quantitative estimate of drug-likeness (QED) is 0.520. The highest BCUT2D eigenvalue weighted by atomic mass is 15.2. The van der Waals surface area contributed by atoms with E-state index in [4.69, 9.17) is 0 Å². The number of nitrogens with zero attached hydrogens (tertiary/aromatic N) is 1. The molecule has 0 aromatic carbocycles. The van der Waals surface area contributed by atoms with Gasteiger partial charge in [-0.05, 0) is 32.5 Å². The van der Waals surface area contributed by atoms with Crippen molar-refractivity contribution in [3.63, 3.8) is 0 Å². The minimum atomic E-state index is 0.806. The highest BCUT2D eigenvalue weighted by Gasteiger charge is 2.39. The number of nitrogens with one attached hydrogen (secondary N) is 1. The van der Waals surface area contributed by atoms with Crippen molar-refractivity contribution in [3.8, 4) is 0 Å². The summed E-state index contributed by atoms with van der Waals surface area (Å²) in [6.07, 6.45) is 1.35. The largest absolute Gasteiger partial charge is 0.312 e. The van der Waals surface area contributed by atoms with Crippen LogP contribution in [-0.2, 0) is 0 Å². The molecule has 58 valence electrons. The van der Waals surface area contributed by atoms with Crippen LogP contribution in [0, 0.1) is 5.92 Å².